The molecule has 3 heterocycles. The van der Waals surface area contributed by atoms with Crippen molar-refractivity contribution in [1.82, 2.24) is 8.87 Å². The first-order valence-electron chi connectivity index (χ1n) is 10.4. The third-order valence-electron chi connectivity index (χ3n) is 5.31. The molecule has 0 radical (unpaired) electrons. The van der Waals surface area contributed by atoms with Gasteiger partial charge in [-0.05, 0) is 49.4 Å². The standard InChI is InChI=1S/C22H25N3O4S3/c1-3-11-25-18-10-9-17(29-4-2)14-19(18)31-22(25)23-21(26)16-7-5-12-24(15-16)32(27,28)20-8-6-13-30-20/h3,6,8-10,13-14,16H,1,4-5,7,11-12,15H2,2H3. The van der Waals surface area contributed by atoms with Crippen LogP contribution >= 0.6 is 22.7 Å². The van der Waals surface area contributed by atoms with Gasteiger partial charge in [0, 0.05) is 19.6 Å². The summed E-state index contributed by atoms with van der Waals surface area (Å²) >= 11 is 2.61. The van der Waals surface area contributed by atoms with E-state index in [9.17, 15) is 13.2 Å². The fourth-order valence-electron chi connectivity index (χ4n) is 3.79. The van der Waals surface area contributed by atoms with E-state index in [4.69, 9.17) is 4.74 Å². The maximum atomic E-state index is 13.1. The summed E-state index contributed by atoms with van der Waals surface area (Å²) in [7, 11) is -3.58. The Morgan fingerprint density at radius 2 is 2.22 bits per heavy atom. The van der Waals surface area contributed by atoms with Gasteiger partial charge in [-0.1, -0.05) is 23.5 Å². The summed E-state index contributed by atoms with van der Waals surface area (Å²) in [6.07, 6.45) is 3.02. The van der Waals surface area contributed by atoms with E-state index in [-0.39, 0.29) is 12.5 Å². The van der Waals surface area contributed by atoms with E-state index in [1.54, 1.807) is 23.6 Å². The zero-order valence-electron chi connectivity index (χ0n) is 17.8. The van der Waals surface area contributed by atoms with Crippen LogP contribution in [0.3, 0.4) is 0 Å². The lowest BCUT2D eigenvalue weighted by molar-refractivity contribution is -0.122. The zero-order valence-corrected chi connectivity index (χ0v) is 20.2. The molecule has 1 saturated heterocycles. The van der Waals surface area contributed by atoms with Gasteiger partial charge in [0.15, 0.2) is 4.80 Å². The van der Waals surface area contributed by atoms with Gasteiger partial charge >= 0.3 is 0 Å². The Hall–Kier alpha value is -2.27. The smallest absolute Gasteiger partial charge is 0.252 e. The quantitative estimate of drug-likeness (QED) is 0.470. The highest BCUT2D eigenvalue weighted by Gasteiger charge is 2.33. The number of allylic oxidation sites excluding steroid dienone is 1. The van der Waals surface area contributed by atoms with Crippen LogP contribution in [-0.4, -0.2) is 42.9 Å². The summed E-state index contributed by atoms with van der Waals surface area (Å²) in [6.45, 7) is 7.42. The van der Waals surface area contributed by atoms with Crippen LogP contribution in [0.15, 0.2) is 57.6 Å². The van der Waals surface area contributed by atoms with Gasteiger partial charge in [-0.2, -0.15) is 9.30 Å². The predicted molar refractivity (Wildman–Crippen MR) is 128 cm³/mol. The summed E-state index contributed by atoms with van der Waals surface area (Å²) in [5, 5.41) is 1.74. The first kappa shape index (κ1) is 22.9. The minimum absolute atomic E-state index is 0.156. The minimum Gasteiger partial charge on any atom is -0.494 e. The number of fused-ring (bicyclic) bond motifs is 1. The molecule has 1 unspecified atom stereocenters. The molecule has 0 spiro atoms. The average molecular weight is 492 g/mol. The van der Waals surface area contributed by atoms with E-state index in [1.165, 1.54) is 27.0 Å². The maximum Gasteiger partial charge on any atom is 0.252 e. The largest absolute Gasteiger partial charge is 0.494 e. The molecule has 170 valence electrons. The molecule has 32 heavy (non-hydrogen) atoms. The first-order valence-corrected chi connectivity index (χ1v) is 13.6. The molecule has 0 bridgehead atoms. The Bertz CT molecular complexity index is 1290. The second-order valence-electron chi connectivity index (χ2n) is 7.43. The number of hydrogen-bond acceptors (Lipinski definition) is 6. The Morgan fingerprint density at radius 3 is 2.94 bits per heavy atom. The summed E-state index contributed by atoms with van der Waals surface area (Å²) in [6, 6.07) is 9.12. The van der Waals surface area contributed by atoms with Crippen LogP contribution in [0.5, 0.6) is 5.75 Å². The second-order valence-corrected chi connectivity index (χ2v) is 11.6. The van der Waals surface area contributed by atoms with Crippen LogP contribution in [0.1, 0.15) is 19.8 Å². The number of hydrogen-bond donors (Lipinski definition) is 0. The number of benzene rings is 1. The van der Waals surface area contributed by atoms with E-state index in [1.807, 2.05) is 29.7 Å². The fraction of sp³-hybridized carbons (Fsp3) is 0.364. The highest BCUT2D eigenvalue weighted by atomic mass is 32.2. The van der Waals surface area contributed by atoms with Crippen LogP contribution in [0, 0.1) is 5.92 Å². The minimum atomic E-state index is -3.58. The molecule has 3 aromatic rings. The number of thiophene rings is 1. The molecule has 1 amide bonds. The number of aromatic nitrogens is 1. The Balaban J connectivity index is 1.63. The maximum absolute atomic E-state index is 13.1. The lowest BCUT2D eigenvalue weighted by Crippen LogP contribution is -2.42. The Labute approximate surface area is 195 Å². The van der Waals surface area contributed by atoms with Gasteiger partial charge in [-0.3, -0.25) is 4.79 Å². The molecule has 1 atom stereocenters. The third kappa shape index (κ3) is 4.59. The van der Waals surface area contributed by atoms with Crippen LogP contribution in [0.25, 0.3) is 10.2 Å². The fourth-order valence-corrected chi connectivity index (χ4v) is 7.53. The molecule has 0 aliphatic carbocycles. The topological polar surface area (TPSA) is 81.0 Å². The molecule has 1 aromatic carbocycles. The summed E-state index contributed by atoms with van der Waals surface area (Å²) < 4.78 is 36.0. The number of ether oxygens (including phenoxy) is 1. The number of sulfonamides is 1. The third-order valence-corrected chi connectivity index (χ3v) is 9.58. The molecule has 10 heteroatoms. The van der Waals surface area contributed by atoms with Gasteiger partial charge in [-0.15, -0.1) is 17.9 Å². The molecule has 1 aliphatic rings. The van der Waals surface area contributed by atoms with Gasteiger partial charge in [0.2, 0.25) is 0 Å². The normalized spacial score (nSPS) is 18.2. The van der Waals surface area contributed by atoms with Gasteiger partial charge in [0.25, 0.3) is 15.9 Å². The van der Waals surface area contributed by atoms with E-state index >= 15 is 0 Å². The van der Waals surface area contributed by atoms with E-state index < -0.39 is 15.9 Å². The number of carbonyl (C=O) groups is 1. The molecule has 0 saturated carbocycles. The number of nitrogens with zero attached hydrogens (tertiary/aromatic N) is 3. The first-order chi connectivity index (χ1) is 15.4. The van der Waals surface area contributed by atoms with Crippen molar-refractivity contribution in [2.75, 3.05) is 19.7 Å². The van der Waals surface area contributed by atoms with Crippen LogP contribution in [-0.2, 0) is 21.4 Å². The number of thiazole rings is 1. The molecule has 7 nitrogen and oxygen atoms in total. The average Bonchev–Trinajstić information content (AvgIpc) is 3.44. The van der Waals surface area contributed by atoms with Gasteiger partial charge in [0.05, 0.1) is 22.7 Å². The van der Waals surface area contributed by atoms with Crippen molar-refractivity contribution in [2.45, 2.75) is 30.5 Å². The number of carbonyl (C=O) groups excluding carboxylic acids is 1. The van der Waals surface area contributed by atoms with Crippen molar-refractivity contribution >= 4 is 48.8 Å². The monoisotopic (exact) mass is 491 g/mol. The van der Waals surface area contributed by atoms with E-state index in [2.05, 4.69) is 11.6 Å². The Morgan fingerprint density at radius 1 is 1.38 bits per heavy atom. The van der Waals surface area contributed by atoms with Crippen molar-refractivity contribution in [3.05, 3.63) is 53.2 Å². The molecule has 1 aliphatic heterocycles. The van der Waals surface area contributed by atoms with Crippen LogP contribution < -0.4 is 9.54 Å². The van der Waals surface area contributed by atoms with Crippen LogP contribution in [0.2, 0.25) is 0 Å². The van der Waals surface area contributed by atoms with Crippen LogP contribution in [0.4, 0.5) is 0 Å². The van der Waals surface area contributed by atoms with E-state index in [0.717, 1.165) is 16.0 Å². The SMILES string of the molecule is C=CCn1c(=NC(=O)C2CCCN(S(=O)(=O)c3cccs3)C2)sc2cc(OCC)ccc21. The molecular weight excluding hydrogens is 466 g/mol. The van der Waals surface area contributed by atoms with Crippen molar-refractivity contribution in [1.29, 1.82) is 0 Å². The second kappa shape index (κ2) is 9.70. The molecular formula is C22H25N3O4S3. The summed E-state index contributed by atoms with van der Waals surface area (Å²) in [4.78, 5) is 18.1. The molecule has 4 rings (SSSR count). The molecule has 2 aromatic heterocycles. The predicted octanol–water partition coefficient (Wildman–Crippen LogP) is 3.88. The molecule has 1 fully saturated rings. The highest BCUT2D eigenvalue weighted by Crippen LogP contribution is 2.27. The van der Waals surface area contributed by atoms with Gasteiger partial charge in [0.1, 0.15) is 9.96 Å². The van der Waals surface area contributed by atoms with E-state index in [0.29, 0.717) is 41.5 Å². The van der Waals surface area contributed by atoms with Gasteiger partial charge < -0.3 is 9.30 Å². The highest BCUT2D eigenvalue weighted by molar-refractivity contribution is 7.91. The Kier molecular flexibility index (Phi) is 6.94. The van der Waals surface area contributed by atoms with Crippen molar-refractivity contribution < 1.29 is 17.9 Å². The lowest BCUT2D eigenvalue weighted by atomic mass is 9.99. The van der Waals surface area contributed by atoms with Crippen molar-refractivity contribution in [3.63, 3.8) is 0 Å². The zero-order chi connectivity index (χ0) is 22.7. The number of amides is 1. The summed E-state index contributed by atoms with van der Waals surface area (Å²) in [5.74, 6) is 0.0249. The molecule has 0 N–H and O–H groups in total. The number of rotatable bonds is 7. The summed E-state index contributed by atoms with van der Waals surface area (Å²) in [5.41, 5.74) is 0.954. The van der Waals surface area contributed by atoms with Gasteiger partial charge in [-0.25, -0.2) is 8.42 Å². The number of piperidine rings is 1. The van der Waals surface area contributed by atoms with Crippen molar-refractivity contribution in [2.24, 2.45) is 10.9 Å². The lowest BCUT2D eigenvalue weighted by Gasteiger charge is -2.29. The van der Waals surface area contributed by atoms with Crippen molar-refractivity contribution in [3.8, 4) is 5.75 Å².